The van der Waals surface area contributed by atoms with Gasteiger partial charge in [0.2, 0.25) is 5.91 Å². The van der Waals surface area contributed by atoms with Gasteiger partial charge in [0.05, 0.1) is 13.0 Å². The summed E-state index contributed by atoms with van der Waals surface area (Å²) in [6.45, 7) is 1.06. The van der Waals surface area contributed by atoms with E-state index >= 15 is 0 Å². The molecule has 6 nitrogen and oxygen atoms in total. The number of hydrogen-bond acceptors (Lipinski definition) is 4. The Balaban J connectivity index is 1.85. The van der Waals surface area contributed by atoms with Gasteiger partial charge in [-0.2, -0.15) is 5.10 Å². The third kappa shape index (κ3) is 3.08. The smallest absolute Gasteiger partial charge is 0.251 e. The maximum Gasteiger partial charge on any atom is 0.251 e. The molecule has 0 radical (unpaired) electrons. The summed E-state index contributed by atoms with van der Waals surface area (Å²) < 4.78 is 1.72. The molecule has 7 heteroatoms. The fourth-order valence-corrected chi connectivity index (χ4v) is 4.02. The molecule has 1 aliphatic rings. The molecular weight excluding hydrogens is 324 g/mol. The zero-order valence-electron chi connectivity index (χ0n) is 14.0. The summed E-state index contributed by atoms with van der Waals surface area (Å²) in [6.07, 6.45) is 5.36. The van der Waals surface area contributed by atoms with Crippen molar-refractivity contribution in [1.82, 2.24) is 19.6 Å². The number of aromatic nitrogens is 2. The van der Waals surface area contributed by atoms with Crippen LogP contribution in [-0.4, -0.2) is 58.6 Å². The monoisotopic (exact) mass is 346 g/mol. The lowest BCUT2D eigenvalue weighted by Gasteiger charge is -2.42. The molecule has 0 spiro atoms. The number of piperidine rings is 1. The van der Waals surface area contributed by atoms with Crippen LogP contribution in [0.3, 0.4) is 0 Å². The van der Waals surface area contributed by atoms with Crippen LogP contribution in [-0.2, 0) is 21.5 Å². The van der Waals surface area contributed by atoms with E-state index in [9.17, 15) is 9.59 Å². The Morgan fingerprint density at radius 2 is 2.21 bits per heavy atom. The highest BCUT2D eigenvalue weighted by Crippen LogP contribution is 2.30. The quantitative estimate of drug-likeness (QED) is 0.845. The number of likely N-dealkylation sites (N-methyl/N-ethyl adjacent to an activating group) is 1. The number of carbonyl (C=O) groups excluding carboxylic acids is 2. The zero-order valence-corrected chi connectivity index (χ0v) is 14.8. The van der Waals surface area contributed by atoms with Crippen LogP contribution in [0.1, 0.15) is 17.7 Å². The molecule has 3 rings (SSSR count). The van der Waals surface area contributed by atoms with Crippen molar-refractivity contribution in [3.63, 3.8) is 0 Å². The molecule has 1 fully saturated rings. The van der Waals surface area contributed by atoms with Gasteiger partial charge in [0.1, 0.15) is 0 Å². The number of nitrogens with zero attached hydrogens (tertiary/aromatic N) is 4. The molecule has 0 bridgehead atoms. The second kappa shape index (κ2) is 6.76. The molecule has 1 saturated heterocycles. The van der Waals surface area contributed by atoms with Crippen LogP contribution >= 0.6 is 11.3 Å². The SMILES string of the molecule is CN(C)C(=O)C1(n2cccn2)CCCN(C(=O)Cc2cccs2)C1. The van der Waals surface area contributed by atoms with Crippen molar-refractivity contribution in [2.45, 2.75) is 24.8 Å². The lowest BCUT2D eigenvalue weighted by atomic mass is 9.87. The van der Waals surface area contributed by atoms with E-state index in [1.165, 1.54) is 0 Å². The van der Waals surface area contributed by atoms with Gasteiger partial charge in [-0.25, -0.2) is 0 Å². The lowest BCUT2D eigenvalue weighted by molar-refractivity contribution is -0.146. The van der Waals surface area contributed by atoms with Crippen molar-refractivity contribution in [1.29, 1.82) is 0 Å². The normalized spacial score (nSPS) is 20.8. The Labute approximate surface area is 145 Å². The number of likely N-dealkylation sites (tertiary alicyclic amines) is 1. The molecule has 2 amide bonds. The molecule has 1 atom stereocenters. The van der Waals surface area contributed by atoms with Crippen molar-refractivity contribution >= 4 is 23.2 Å². The van der Waals surface area contributed by atoms with E-state index in [1.807, 2.05) is 34.7 Å². The van der Waals surface area contributed by atoms with E-state index in [0.29, 0.717) is 25.9 Å². The Kier molecular flexibility index (Phi) is 4.71. The highest BCUT2D eigenvalue weighted by atomic mass is 32.1. The van der Waals surface area contributed by atoms with Crippen LogP contribution in [0.4, 0.5) is 0 Å². The van der Waals surface area contributed by atoms with E-state index in [2.05, 4.69) is 5.10 Å². The van der Waals surface area contributed by atoms with E-state index in [4.69, 9.17) is 0 Å². The highest BCUT2D eigenvalue weighted by molar-refractivity contribution is 7.10. The molecule has 0 aromatic carbocycles. The van der Waals surface area contributed by atoms with Gasteiger partial charge in [0.25, 0.3) is 5.91 Å². The predicted octanol–water partition coefficient (Wildman–Crippen LogP) is 1.59. The van der Waals surface area contributed by atoms with Gasteiger partial charge in [0, 0.05) is 37.9 Å². The van der Waals surface area contributed by atoms with Gasteiger partial charge in [-0.1, -0.05) is 6.07 Å². The third-order valence-electron chi connectivity index (χ3n) is 4.48. The summed E-state index contributed by atoms with van der Waals surface area (Å²) in [5, 5.41) is 6.29. The van der Waals surface area contributed by atoms with Crippen LogP contribution in [0.25, 0.3) is 0 Å². The van der Waals surface area contributed by atoms with E-state index in [0.717, 1.165) is 11.3 Å². The molecule has 0 N–H and O–H groups in total. The van der Waals surface area contributed by atoms with E-state index < -0.39 is 5.54 Å². The molecular formula is C17H22N4O2S. The van der Waals surface area contributed by atoms with Crippen molar-refractivity contribution in [2.24, 2.45) is 0 Å². The summed E-state index contributed by atoms with van der Waals surface area (Å²) in [5.74, 6) is 0.0556. The predicted molar refractivity (Wildman–Crippen MR) is 92.7 cm³/mol. The Bertz CT molecular complexity index is 696. The number of amides is 2. The Hall–Kier alpha value is -2.15. The van der Waals surface area contributed by atoms with Crippen molar-refractivity contribution in [3.8, 4) is 0 Å². The molecule has 0 saturated carbocycles. The van der Waals surface area contributed by atoms with Crippen molar-refractivity contribution in [2.75, 3.05) is 27.2 Å². The second-order valence-corrected chi connectivity index (χ2v) is 7.39. The van der Waals surface area contributed by atoms with Crippen LogP contribution in [0.2, 0.25) is 0 Å². The van der Waals surface area contributed by atoms with Crippen LogP contribution in [0.15, 0.2) is 36.0 Å². The minimum absolute atomic E-state index is 0.0141. The fourth-order valence-electron chi connectivity index (χ4n) is 3.32. The molecule has 1 aliphatic heterocycles. The highest BCUT2D eigenvalue weighted by Gasteiger charge is 2.46. The van der Waals surface area contributed by atoms with Crippen LogP contribution < -0.4 is 0 Å². The molecule has 1 unspecified atom stereocenters. The van der Waals surface area contributed by atoms with Gasteiger partial charge in [-0.15, -0.1) is 11.3 Å². The molecule has 2 aromatic rings. The Morgan fingerprint density at radius 3 is 2.83 bits per heavy atom. The molecule has 3 heterocycles. The van der Waals surface area contributed by atoms with E-state index in [1.54, 1.807) is 41.2 Å². The first kappa shape index (κ1) is 16.7. The van der Waals surface area contributed by atoms with Gasteiger partial charge in [-0.05, 0) is 30.4 Å². The minimum Gasteiger partial charge on any atom is -0.347 e. The number of carbonyl (C=O) groups is 2. The average molecular weight is 346 g/mol. The summed E-state index contributed by atoms with van der Waals surface area (Å²) in [6, 6.07) is 5.74. The van der Waals surface area contributed by atoms with Crippen LogP contribution in [0.5, 0.6) is 0 Å². The molecule has 128 valence electrons. The minimum atomic E-state index is -0.809. The summed E-state index contributed by atoms with van der Waals surface area (Å²) in [7, 11) is 3.50. The summed E-state index contributed by atoms with van der Waals surface area (Å²) in [4.78, 5) is 30.1. The first-order chi connectivity index (χ1) is 11.5. The summed E-state index contributed by atoms with van der Waals surface area (Å²) >= 11 is 1.58. The number of rotatable bonds is 4. The average Bonchev–Trinajstić information content (AvgIpc) is 3.27. The zero-order chi connectivity index (χ0) is 17.2. The molecule has 2 aromatic heterocycles. The van der Waals surface area contributed by atoms with Gasteiger partial charge < -0.3 is 9.80 Å². The van der Waals surface area contributed by atoms with Crippen molar-refractivity contribution < 1.29 is 9.59 Å². The maximum absolute atomic E-state index is 12.9. The van der Waals surface area contributed by atoms with E-state index in [-0.39, 0.29) is 11.8 Å². The second-order valence-electron chi connectivity index (χ2n) is 6.36. The molecule has 0 aliphatic carbocycles. The first-order valence-electron chi connectivity index (χ1n) is 8.05. The fraction of sp³-hybridized carbons (Fsp3) is 0.471. The standard InChI is InChI=1S/C17H22N4O2S/c1-19(2)16(23)17(21-10-5-8-18-21)7-4-9-20(13-17)15(22)12-14-6-3-11-24-14/h3,5-6,8,10-11H,4,7,9,12-13H2,1-2H3. The van der Waals surface area contributed by atoms with Gasteiger partial charge in [0.15, 0.2) is 5.54 Å². The molecule has 24 heavy (non-hydrogen) atoms. The summed E-state index contributed by atoms with van der Waals surface area (Å²) in [5.41, 5.74) is -0.809. The maximum atomic E-state index is 12.9. The largest absolute Gasteiger partial charge is 0.347 e. The Morgan fingerprint density at radius 1 is 1.38 bits per heavy atom. The number of thiophene rings is 1. The van der Waals surface area contributed by atoms with Gasteiger partial charge in [-0.3, -0.25) is 14.3 Å². The third-order valence-corrected chi connectivity index (χ3v) is 5.35. The van der Waals surface area contributed by atoms with Crippen molar-refractivity contribution in [3.05, 3.63) is 40.8 Å². The topological polar surface area (TPSA) is 58.4 Å². The van der Waals surface area contributed by atoms with Gasteiger partial charge >= 0.3 is 0 Å². The number of hydrogen-bond donors (Lipinski definition) is 0. The first-order valence-corrected chi connectivity index (χ1v) is 8.93. The lowest BCUT2D eigenvalue weighted by Crippen LogP contribution is -2.59. The van der Waals surface area contributed by atoms with Crippen LogP contribution in [0, 0.1) is 0 Å².